The summed E-state index contributed by atoms with van der Waals surface area (Å²) in [4.78, 5) is 24.2. The SMILES string of the molecule is Cc1cscc1-c1ccnc(N[C@@H](C)c2nc3cc(Cl)ccc3[nH]c2=O)c1. The van der Waals surface area contributed by atoms with Crippen LogP contribution < -0.4 is 10.9 Å². The highest BCUT2D eigenvalue weighted by Crippen LogP contribution is 2.28. The van der Waals surface area contributed by atoms with E-state index in [1.807, 2.05) is 19.1 Å². The average Bonchev–Trinajstić information content (AvgIpc) is 3.07. The second-order valence-corrected chi connectivity index (χ2v) is 7.56. The zero-order valence-electron chi connectivity index (χ0n) is 14.8. The van der Waals surface area contributed by atoms with Gasteiger partial charge in [-0.3, -0.25) is 4.79 Å². The van der Waals surface area contributed by atoms with Crippen LogP contribution in [0.2, 0.25) is 5.02 Å². The van der Waals surface area contributed by atoms with E-state index in [1.54, 1.807) is 35.7 Å². The smallest absolute Gasteiger partial charge is 0.272 e. The first-order chi connectivity index (χ1) is 13.0. The third-order valence-corrected chi connectivity index (χ3v) is 5.48. The van der Waals surface area contributed by atoms with Gasteiger partial charge in [-0.2, -0.15) is 11.3 Å². The molecule has 0 aliphatic heterocycles. The van der Waals surface area contributed by atoms with Gasteiger partial charge in [0.25, 0.3) is 5.56 Å². The highest BCUT2D eigenvalue weighted by molar-refractivity contribution is 7.08. The first-order valence-electron chi connectivity index (χ1n) is 8.46. The lowest BCUT2D eigenvalue weighted by Crippen LogP contribution is -2.22. The molecule has 5 nitrogen and oxygen atoms in total. The number of aromatic amines is 1. The Hall–Kier alpha value is -2.70. The summed E-state index contributed by atoms with van der Waals surface area (Å²) in [6, 6.07) is 8.86. The molecule has 4 rings (SSSR count). The van der Waals surface area contributed by atoms with Crippen molar-refractivity contribution in [3.8, 4) is 11.1 Å². The summed E-state index contributed by atoms with van der Waals surface area (Å²) in [5.41, 5.74) is 4.99. The fraction of sp³-hybridized carbons (Fsp3) is 0.150. The van der Waals surface area contributed by atoms with Gasteiger partial charge in [-0.05, 0) is 71.6 Å². The van der Waals surface area contributed by atoms with Crippen LogP contribution in [0.15, 0.2) is 52.1 Å². The Morgan fingerprint density at radius 3 is 2.85 bits per heavy atom. The number of rotatable bonds is 4. The molecule has 0 bridgehead atoms. The Morgan fingerprint density at radius 1 is 1.22 bits per heavy atom. The molecule has 0 fully saturated rings. The van der Waals surface area contributed by atoms with Gasteiger partial charge in [0.15, 0.2) is 0 Å². The maximum atomic E-state index is 12.4. The summed E-state index contributed by atoms with van der Waals surface area (Å²) >= 11 is 7.72. The number of aryl methyl sites for hydroxylation is 1. The Bertz CT molecular complexity index is 1180. The predicted molar refractivity (Wildman–Crippen MR) is 112 cm³/mol. The molecule has 1 atom stereocenters. The molecule has 0 saturated carbocycles. The van der Waals surface area contributed by atoms with E-state index in [0.717, 1.165) is 5.56 Å². The van der Waals surface area contributed by atoms with Gasteiger partial charge in [-0.1, -0.05) is 11.6 Å². The summed E-state index contributed by atoms with van der Waals surface area (Å²) in [5.74, 6) is 0.693. The molecule has 0 aliphatic rings. The molecule has 2 N–H and O–H groups in total. The second-order valence-electron chi connectivity index (χ2n) is 6.38. The molecule has 0 amide bonds. The number of benzene rings is 1. The van der Waals surface area contributed by atoms with Crippen LogP contribution in [0.3, 0.4) is 0 Å². The normalized spacial score (nSPS) is 12.3. The van der Waals surface area contributed by atoms with Crippen LogP contribution >= 0.6 is 22.9 Å². The van der Waals surface area contributed by atoms with Crippen molar-refractivity contribution in [3.05, 3.63) is 73.9 Å². The van der Waals surface area contributed by atoms with E-state index in [9.17, 15) is 4.79 Å². The number of halogens is 1. The molecule has 0 aliphatic carbocycles. The maximum Gasteiger partial charge on any atom is 0.272 e. The molecular weight excluding hydrogens is 380 g/mol. The van der Waals surface area contributed by atoms with Crippen LogP contribution in [0, 0.1) is 6.92 Å². The predicted octanol–water partition coefficient (Wildman–Crippen LogP) is 5.18. The number of thiophene rings is 1. The van der Waals surface area contributed by atoms with Crippen LogP contribution in [0.25, 0.3) is 22.2 Å². The van der Waals surface area contributed by atoms with Crippen molar-refractivity contribution in [2.24, 2.45) is 0 Å². The highest BCUT2D eigenvalue weighted by atomic mass is 35.5. The molecule has 7 heteroatoms. The Kier molecular flexibility index (Phi) is 4.68. The van der Waals surface area contributed by atoms with E-state index in [0.29, 0.717) is 27.6 Å². The van der Waals surface area contributed by atoms with Crippen LogP contribution in [0.4, 0.5) is 5.82 Å². The molecule has 3 aromatic heterocycles. The van der Waals surface area contributed by atoms with Gasteiger partial charge >= 0.3 is 0 Å². The van der Waals surface area contributed by atoms with Crippen molar-refractivity contribution in [3.63, 3.8) is 0 Å². The zero-order chi connectivity index (χ0) is 19.0. The van der Waals surface area contributed by atoms with Gasteiger partial charge in [-0.15, -0.1) is 0 Å². The lowest BCUT2D eigenvalue weighted by atomic mass is 10.1. The summed E-state index contributed by atoms with van der Waals surface area (Å²) in [6.45, 7) is 3.98. The van der Waals surface area contributed by atoms with Crippen LogP contribution in [-0.4, -0.2) is 15.0 Å². The summed E-state index contributed by atoms with van der Waals surface area (Å²) in [5, 5.41) is 8.10. The molecule has 27 heavy (non-hydrogen) atoms. The number of nitrogens with zero attached hydrogens (tertiary/aromatic N) is 2. The van der Waals surface area contributed by atoms with Gasteiger partial charge in [0.2, 0.25) is 0 Å². The number of hydrogen-bond donors (Lipinski definition) is 2. The molecule has 3 heterocycles. The summed E-state index contributed by atoms with van der Waals surface area (Å²) in [6.07, 6.45) is 1.76. The van der Waals surface area contributed by atoms with E-state index in [4.69, 9.17) is 11.6 Å². The van der Waals surface area contributed by atoms with Crippen molar-refractivity contribution >= 4 is 39.8 Å². The second kappa shape index (κ2) is 7.13. The molecular formula is C20H17ClN4OS. The molecule has 0 saturated heterocycles. The van der Waals surface area contributed by atoms with Crippen molar-refractivity contribution in [1.82, 2.24) is 15.0 Å². The van der Waals surface area contributed by atoms with Crippen molar-refractivity contribution < 1.29 is 0 Å². The minimum atomic E-state index is -0.316. The van der Waals surface area contributed by atoms with Gasteiger partial charge in [0, 0.05) is 11.2 Å². The number of nitrogens with one attached hydrogen (secondary N) is 2. The third kappa shape index (κ3) is 3.59. The largest absolute Gasteiger partial charge is 0.362 e. The Labute approximate surface area is 165 Å². The minimum Gasteiger partial charge on any atom is -0.362 e. The Balaban J connectivity index is 1.65. The number of fused-ring (bicyclic) bond motifs is 1. The number of anilines is 1. The summed E-state index contributed by atoms with van der Waals surface area (Å²) in [7, 11) is 0. The van der Waals surface area contributed by atoms with Crippen LogP contribution in [0.1, 0.15) is 24.2 Å². The standard InChI is InChI=1S/C20H17ClN4OS/c1-11-9-27-10-15(11)13-5-6-22-18(7-13)23-12(2)19-20(26)25-16-4-3-14(21)8-17(16)24-19/h3-10,12H,1-2H3,(H,22,23)(H,25,26)/t12-/m0/s1. The summed E-state index contributed by atoms with van der Waals surface area (Å²) < 4.78 is 0. The highest BCUT2D eigenvalue weighted by Gasteiger charge is 2.14. The lowest BCUT2D eigenvalue weighted by molar-refractivity contribution is 0.816. The van der Waals surface area contributed by atoms with Gasteiger partial charge < -0.3 is 10.3 Å². The maximum absolute atomic E-state index is 12.4. The van der Waals surface area contributed by atoms with Gasteiger partial charge in [0.1, 0.15) is 11.5 Å². The van der Waals surface area contributed by atoms with Crippen molar-refractivity contribution in [2.45, 2.75) is 19.9 Å². The quantitative estimate of drug-likeness (QED) is 0.498. The average molecular weight is 397 g/mol. The topological polar surface area (TPSA) is 70.7 Å². The molecule has 0 unspecified atom stereocenters. The van der Waals surface area contributed by atoms with Gasteiger partial charge in [-0.25, -0.2) is 9.97 Å². The van der Waals surface area contributed by atoms with Crippen molar-refractivity contribution in [1.29, 1.82) is 0 Å². The fourth-order valence-electron chi connectivity index (χ4n) is 2.99. The zero-order valence-corrected chi connectivity index (χ0v) is 16.4. The Morgan fingerprint density at radius 2 is 2.07 bits per heavy atom. The van der Waals surface area contributed by atoms with E-state index in [1.165, 1.54) is 11.1 Å². The first-order valence-corrected chi connectivity index (χ1v) is 9.78. The number of hydrogen-bond acceptors (Lipinski definition) is 5. The monoisotopic (exact) mass is 396 g/mol. The van der Waals surface area contributed by atoms with Crippen LogP contribution in [-0.2, 0) is 0 Å². The van der Waals surface area contributed by atoms with E-state index in [-0.39, 0.29) is 11.6 Å². The number of aromatic nitrogens is 3. The third-order valence-electron chi connectivity index (χ3n) is 4.38. The van der Waals surface area contributed by atoms with Gasteiger partial charge in [0.05, 0.1) is 17.1 Å². The van der Waals surface area contributed by atoms with Crippen molar-refractivity contribution in [2.75, 3.05) is 5.32 Å². The molecule has 4 aromatic rings. The van der Waals surface area contributed by atoms with E-state index >= 15 is 0 Å². The van der Waals surface area contributed by atoms with E-state index < -0.39 is 0 Å². The van der Waals surface area contributed by atoms with E-state index in [2.05, 4.69) is 38.0 Å². The fourth-order valence-corrected chi connectivity index (χ4v) is 4.01. The molecule has 0 spiro atoms. The molecule has 136 valence electrons. The lowest BCUT2D eigenvalue weighted by Gasteiger charge is -2.14. The first kappa shape index (κ1) is 17.7. The minimum absolute atomic E-state index is 0.227. The number of H-pyrrole nitrogens is 1. The molecule has 1 aromatic carbocycles. The number of pyridine rings is 1. The molecule has 0 radical (unpaired) electrons. The van der Waals surface area contributed by atoms with Crippen LogP contribution in [0.5, 0.6) is 0 Å².